The first-order valence-electron chi connectivity index (χ1n) is 12.3. The van der Waals surface area contributed by atoms with E-state index >= 15 is 0 Å². The molecule has 2 aromatic heterocycles. The normalized spacial score (nSPS) is 20.6. The molecule has 2 aliphatic rings. The molecule has 0 aliphatic carbocycles. The van der Waals surface area contributed by atoms with Crippen LogP contribution in [0.5, 0.6) is 0 Å². The number of fused-ring (bicyclic) bond motifs is 1. The fourth-order valence-electron chi connectivity index (χ4n) is 4.87. The number of aryl methyl sites for hydroxylation is 2. The number of piperidine rings is 1. The zero-order valence-electron chi connectivity index (χ0n) is 20.4. The average Bonchev–Trinajstić information content (AvgIpc) is 3.29. The molecule has 8 heteroatoms. The lowest BCUT2D eigenvalue weighted by Gasteiger charge is -2.35. The Morgan fingerprint density at radius 3 is 2.79 bits per heavy atom. The lowest BCUT2D eigenvalue weighted by atomic mass is 9.88. The largest absolute Gasteiger partial charge is 0.311 e. The summed E-state index contributed by atoms with van der Waals surface area (Å²) in [6.45, 7) is 8.71. The van der Waals surface area contributed by atoms with Gasteiger partial charge in [-0.2, -0.15) is 5.10 Å². The van der Waals surface area contributed by atoms with Gasteiger partial charge >= 0.3 is 0 Å². The number of carbonyl (C=O) groups is 1. The quantitative estimate of drug-likeness (QED) is 0.374. The Balaban J connectivity index is 1.45. The SMILES string of the molecule is C/C=C(\PC1C=CC(C2CCN(CCCF)CC2)=CN1C=O)c1cc2c(CC)nc(C)cn2n1. The molecule has 4 heterocycles. The van der Waals surface area contributed by atoms with Crippen molar-refractivity contribution in [3.05, 3.63) is 59.3 Å². The second-order valence-corrected chi connectivity index (χ2v) is 10.5. The van der Waals surface area contributed by atoms with Gasteiger partial charge in [-0.15, -0.1) is 0 Å². The molecule has 0 radical (unpaired) electrons. The van der Waals surface area contributed by atoms with Crippen molar-refractivity contribution in [3.8, 4) is 0 Å². The number of alkyl halides is 1. The fourth-order valence-corrected chi connectivity index (χ4v) is 6.10. The Hall–Kier alpha value is -2.37. The van der Waals surface area contributed by atoms with Crippen LogP contribution in [0.3, 0.4) is 0 Å². The number of hydrogen-bond acceptors (Lipinski definition) is 4. The summed E-state index contributed by atoms with van der Waals surface area (Å²) in [6, 6.07) is 2.11. The van der Waals surface area contributed by atoms with Gasteiger partial charge in [-0.25, -0.2) is 4.52 Å². The topological polar surface area (TPSA) is 53.7 Å². The van der Waals surface area contributed by atoms with Gasteiger partial charge in [0.1, 0.15) is 0 Å². The number of likely N-dealkylation sites (tertiary alicyclic amines) is 1. The van der Waals surface area contributed by atoms with Gasteiger partial charge in [0, 0.05) is 12.7 Å². The standard InChI is InChI=1S/C26H35FN5OP/c1-4-22-24-15-23(29-32(24)16-19(3)28-22)25(5-2)34-26-8-7-21(17-31(26)18-33)20-9-13-30(14-10-20)12-6-11-27/h5,7-8,15-18,20,26,34H,4,6,9-14H2,1-3H3/b25-5-. The zero-order chi connectivity index (χ0) is 24.1. The van der Waals surface area contributed by atoms with Crippen LogP contribution < -0.4 is 0 Å². The molecule has 0 spiro atoms. The molecule has 2 aromatic rings. The summed E-state index contributed by atoms with van der Waals surface area (Å²) in [5, 5.41) is 5.97. The Morgan fingerprint density at radius 2 is 2.12 bits per heavy atom. The van der Waals surface area contributed by atoms with Gasteiger partial charge in [-0.3, -0.25) is 14.2 Å². The van der Waals surface area contributed by atoms with Gasteiger partial charge in [0.25, 0.3) is 0 Å². The van der Waals surface area contributed by atoms with Gasteiger partial charge in [-0.1, -0.05) is 33.7 Å². The molecule has 2 unspecified atom stereocenters. The third kappa shape index (κ3) is 5.47. The number of halogens is 1. The van der Waals surface area contributed by atoms with Crippen molar-refractivity contribution in [2.45, 2.75) is 52.2 Å². The first-order valence-corrected chi connectivity index (χ1v) is 13.3. The minimum atomic E-state index is -0.246. The Kier molecular flexibility index (Phi) is 8.28. The van der Waals surface area contributed by atoms with Crippen molar-refractivity contribution in [2.75, 3.05) is 26.3 Å². The highest BCUT2D eigenvalue weighted by molar-refractivity contribution is 7.51. The number of amides is 1. The molecule has 1 fully saturated rings. The van der Waals surface area contributed by atoms with Crippen molar-refractivity contribution in [1.29, 1.82) is 0 Å². The summed E-state index contributed by atoms with van der Waals surface area (Å²) in [6.07, 6.45) is 15.0. The van der Waals surface area contributed by atoms with Crippen LogP contribution in [0.25, 0.3) is 10.8 Å². The number of allylic oxidation sites excluding steroid dienone is 3. The molecule has 1 amide bonds. The van der Waals surface area contributed by atoms with E-state index < -0.39 is 0 Å². The van der Waals surface area contributed by atoms with Crippen LogP contribution in [-0.4, -0.2) is 62.9 Å². The van der Waals surface area contributed by atoms with Crippen molar-refractivity contribution in [3.63, 3.8) is 0 Å². The molecule has 2 aliphatic heterocycles. The molecule has 0 N–H and O–H groups in total. The smallest absolute Gasteiger partial charge is 0.214 e. The summed E-state index contributed by atoms with van der Waals surface area (Å²) in [5.74, 6) is 0.444. The van der Waals surface area contributed by atoms with Gasteiger partial charge < -0.3 is 9.80 Å². The van der Waals surface area contributed by atoms with Gasteiger partial charge in [0.2, 0.25) is 6.41 Å². The maximum Gasteiger partial charge on any atom is 0.214 e. The second-order valence-electron chi connectivity index (χ2n) is 9.03. The van der Waals surface area contributed by atoms with Crippen LogP contribution in [0, 0.1) is 12.8 Å². The van der Waals surface area contributed by atoms with Crippen LogP contribution >= 0.6 is 8.58 Å². The fraction of sp³-hybridized carbons (Fsp3) is 0.500. The van der Waals surface area contributed by atoms with Crippen LogP contribution in [0.15, 0.2) is 42.3 Å². The highest BCUT2D eigenvalue weighted by Gasteiger charge is 2.26. The van der Waals surface area contributed by atoms with E-state index in [1.165, 1.54) is 5.57 Å². The predicted octanol–water partition coefficient (Wildman–Crippen LogP) is 4.95. The maximum atomic E-state index is 12.5. The molecular formula is C26H35FN5OP. The zero-order valence-corrected chi connectivity index (χ0v) is 21.4. The predicted molar refractivity (Wildman–Crippen MR) is 138 cm³/mol. The van der Waals surface area contributed by atoms with Gasteiger partial charge in [-0.05, 0) is 75.5 Å². The number of rotatable bonds is 9. The third-order valence-corrected chi connectivity index (χ3v) is 8.38. The lowest BCUT2D eigenvalue weighted by Crippen LogP contribution is -2.36. The van der Waals surface area contributed by atoms with Crippen molar-refractivity contribution < 1.29 is 9.18 Å². The third-order valence-electron chi connectivity index (χ3n) is 6.73. The Morgan fingerprint density at radius 1 is 1.32 bits per heavy atom. The number of carbonyl (C=O) groups excluding carboxylic acids is 1. The first-order chi connectivity index (χ1) is 16.6. The van der Waals surface area contributed by atoms with Crippen molar-refractivity contribution in [2.24, 2.45) is 5.92 Å². The molecule has 1 saturated heterocycles. The molecule has 4 rings (SSSR count). The molecule has 2 atom stereocenters. The minimum absolute atomic E-state index is 0.00703. The van der Waals surface area contributed by atoms with Gasteiger partial charge in [0.05, 0.1) is 41.3 Å². The monoisotopic (exact) mass is 483 g/mol. The van der Waals surface area contributed by atoms with E-state index in [0.29, 0.717) is 20.9 Å². The highest BCUT2D eigenvalue weighted by Crippen LogP contribution is 2.41. The number of aromatic nitrogens is 3. The van der Waals surface area contributed by atoms with Gasteiger partial charge in [0.15, 0.2) is 0 Å². The highest BCUT2D eigenvalue weighted by atomic mass is 31.1. The molecule has 34 heavy (non-hydrogen) atoms. The minimum Gasteiger partial charge on any atom is -0.311 e. The van der Waals surface area contributed by atoms with Crippen LogP contribution in [-0.2, 0) is 11.2 Å². The molecule has 6 nitrogen and oxygen atoms in total. The Labute approximate surface area is 203 Å². The van der Waals surface area contributed by atoms with E-state index in [2.05, 4.69) is 41.1 Å². The summed E-state index contributed by atoms with van der Waals surface area (Å²) in [5.41, 5.74) is 5.21. The molecule has 0 saturated carbocycles. The maximum absolute atomic E-state index is 12.5. The molecule has 0 bridgehead atoms. The summed E-state index contributed by atoms with van der Waals surface area (Å²) < 4.78 is 14.4. The summed E-state index contributed by atoms with van der Waals surface area (Å²) in [4.78, 5) is 20.8. The van der Waals surface area contributed by atoms with Crippen LogP contribution in [0.4, 0.5) is 4.39 Å². The van der Waals surface area contributed by atoms with Crippen LogP contribution in [0.2, 0.25) is 0 Å². The van der Waals surface area contributed by atoms with E-state index in [-0.39, 0.29) is 12.5 Å². The molecule has 0 aromatic carbocycles. The van der Waals surface area contributed by atoms with E-state index in [1.54, 1.807) is 0 Å². The second kappa shape index (κ2) is 11.4. The average molecular weight is 484 g/mol. The summed E-state index contributed by atoms with van der Waals surface area (Å²) in [7, 11) is 0.395. The van der Waals surface area contributed by atoms with Crippen molar-refractivity contribution >= 4 is 25.8 Å². The number of nitrogens with zero attached hydrogens (tertiary/aromatic N) is 5. The lowest BCUT2D eigenvalue weighted by molar-refractivity contribution is -0.116. The number of hydrogen-bond donors (Lipinski definition) is 0. The van der Waals surface area contributed by atoms with Crippen LogP contribution in [0.1, 0.15) is 50.2 Å². The summed E-state index contributed by atoms with van der Waals surface area (Å²) >= 11 is 0. The molecule has 182 valence electrons. The Bertz CT molecular complexity index is 1100. The van der Waals surface area contributed by atoms with Crippen molar-refractivity contribution in [1.82, 2.24) is 24.4 Å². The first kappa shape index (κ1) is 24.7. The van der Waals surface area contributed by atoms with E-state index in [0.717, 1.165) is 73.2 Å². The van der Waals surface area contributed by atoms with E-state index in [9.17, 15) is 9.18 Å². The van der Waals surface area contributed by atoms with E-state index in [4.69, 9.17) is 5.10 Å². The van der Waals surface area contributed by atoms with E-state index in [1.807, 2.05) is 35.7 Å². The molecular weight excluding hydrogens is 448 g/mol.